The molecule has 0 N–H and O–H groups in total. The second kappa shape index (κ2) is 2.83. The van der Waals surface area contributed by atoms with E-state index in [0.717, 1.165) is 17.3 Å². The summed E-state index contributed by atoms with van der Waals surface area (Å²) in [4.78, 5) is 4.08. The van der Waals surface area contributed by atoms with Crippen molar-refractivity contribution in [2.75, 3.05) is 0 Å². The molecule has 0 atom stereocenters. The summed E-state index contributed by atoms with van der Waals surface area (Å²) in [5.41, 5.74) is 1.71. The number of benzene rings is 1. The Morgan fingerprint density at radius 2 is 2.00 bits per heavy atom. The number of halogens is 3. The average Bonchev–Trinajstić information content (AvgIpc) is 2.46. The predicted molar refractivity (Wildman–Crippen MR) is 47.4 cm³/mol. The van der Waals surface area contributed by atoms with Gasteiger partial charge in [-0.25, -0.2) is 0 Å². The monoisotopic (exact) mass is 199 g/mol. The van der Waals surface area contributed by atoms with Crippen LogP contribution >= 0.6 is 0 Å². The van der Waals surface area contributed by atoms with Crippen LogP contribution in [0.5, 0.6) is 0 Å². The standard InChI is InChI=1S/C10H8F3N/c1-6-9-3-2-8(10(11,12)13)4-7(9)5-14-6/h2-4H,5H2,1H3. The summed E-state index contributed by atoms with van der Waals surface area (Å²) in [6, 6.07) is 3.77. The Bertz CT molecular complexity index is 404. The molecule has 0 fully saturated rings. The lowest BCUT2D eigenvalue weighted by atomic mass is 10.0. The van der Waals surface area contributed by atoms with Crippen molar-refractivity contribution in [1.82, 2.24) is 0 Å². The van der Waals surface area contributed by atoms with Crippen LogP contribution in [-0.4, -0.2) is 5.71 Å². The van der Waals surface area contributed by atoms with Crippen LogP contribution in [0, 0.1) is 0 Å². The van der Waals surface area contributed by atoms with Gasteiger partial charge in [-0.05, 0) is 24.6 Å². The van der Waals surface area contributed by atoms with E-state index in [0.29, 0.717) is 12.1 Å². The molecule has 1 aromatic rings. The third kappa shape index (κ3) is 1.41. The van der Waals surface area contributed by atoms with Gasteiger partial charge in [-0.1, -0.05) is 6.07 Å². The molecular formula is C10H8F3N. The topological polar surface area (TPSA) is 12.4 Å². The molecule has 0 aliphatic carbocycles. The van der Waals surface area contributed by atoms with Gasteiger partial charge in [-0.3, -0.25) is 4.99 Å². The van der Waals surface area contributed by atoms with Gasteiger partial charge in [0.1, 0.15) is 0 Å². The molecule has 74 valence electrons. The highest BCUT2D eigenvalue weighted by Crippen LogP contribution is 2.32. The minimum atomic E-state index is -4.26. The van der Waals surface area contributed by atoms with Gasteiger partial charge in [0.25, 0.3) is 0 Å². The Hall–Kier alpha value is -1.32. The van der Waals surface area contributed by atoms with Crippen molar-refractivity contribution in [3.05, 3.63) is 34.9 Å². The van der Waals surface area contributed by atoms with Gasteiger partial charge >= 0.3 is 6.18 Å². The number of hydrogen-bond acceptors (Lipinski definition) is 1. The summed E-state index contributed by atoms with van der Waals surface area (Å²) >= 11 is 0. The Kier molecular flexibility index (Phi) is 1.87. The first-order valence-corrected chi connectivity index (χ1v) is 4.20. The molecule has 1 nitrogen and oxygen atoms in total. The van der Waals surface area contributed by atoms with E-state index < -0.39 is 11.7 Å². The zero-order chi connectivity index (χ0) is 10.3. The van der Waals surface area contributed by atoms with Crippen molar-refractivity contribution in [2.24, 2.45) is 4.99 Å². The van der Waals surface area contributed by atoms with Crippen LogP contribution in [0.4, 0.5) is 13.2 Å². The van der Waals surface area contributed by atoms with E-state index in [1.807, 2.05) is 0 Å². The third-order valence-corrected chi connectivity index (χ3v) is 2.31. The van der Waals surface area contributed by atoms with Crippen LogP contribution in [-0.2, 0) is 12.7 Å². The van der Waals surface area contributed by atoms with Gasteiger partial charge in [-0.2, -0.15) is 13.2 Å². The van der Waals surface area contributed by atoms with E-state index >= 15 is 0 Å². The quantitative estimate of drug-likeness (QED) is 0.609. The van der Waals surface area contributed by atoms with E-state index in [1.54, 1.807) is 6.92 Å². The van der Waals surface area contributed by atoms with Gasteiger partial charge in [0.15, 0.2) is 0 Å². The predicted octanol–water partition coefficient (Wildman–Crippen LogP) is 3.03. The van der Waals surface area contributed by atoms with Crippen molar-refractivity contribution in [3.63, 3.8) is 0 Å². The molecule has 0 amide bonds. The molecule has 2 rings (SSSR count). The summed E-state index contributed by atoms with van der Waals surface area (Å²) in [5, 5.41) is 0. The lowest BCUT2D eigenvalue weighted by Crippen LogP contribution is -2.06. The van der Waals surface area contributed by atoms with Crippen molar-refractivity contribution >= 4 is 5.71 Å². The summed E-state index contributed by atoms with van der Waals surface area (Å²) in [7, 11) is 0. The van der Waals surface area contributed by atoms with E-state index in [-0.39, 0.29) is 0 Å². The molecule has 0 unspecified atom stereocenters. The molecule has 0 saturated carbocycles. The normalized spacial score (nSPS) is 15.3. The lowest BCUT2D eigenvalue weighted by molar-refractivity contribution is -0.137. The summed E-state index contributed by atoms with van der Waals surface area (Å²) < 4.78 is 36.9. The van der Waals surface area contributed by atoms with E-state index in [4.69, 9.17) is 0 Å². The number of nitrogens with zero attached hydrogens (tertiary/aromatic N) is 1. The zero-order valence-corrected chi connectivity index (χ0v) is 7.52. The number of hydrogen-bond donors (Lipinski definition) is 0. The van der Waals surface area contributed by atoms with Crippen LogP contribution in [0.1, 0.15) is 23.6 Å². The molecule has 0 spiro atoms. The molecule has 1 heterocycles. The van der Waals surface area contributed by atoms with Gasteiger partial charge < -0.3 is 0 Å². The number of fused-ring (bicyclic) bond motifs is 1. The van der Waals surface area contributed by atoms with Crippen LogP contribution < -0.4 is 0 Å². The second-order valence-electron chi connectivity index (χ2n) is 3.27. The Labute approximate surface area is 79.3 Å². The highest BCUT2D eigenvalue weighted by Gasteiger charge is 2.31. The maximum atomic E-state index is 12.3. The minimum Gasteiger partial charge on any atom is -0.285 e. The molecule has 4 heteroatoms. The van der Waals surface area contributed by atoms with Crippen LogP contribution in [0.3, 0.4) is 0 Å². The Balaban J connectivity index is 2.46. The average molecular weight is 199 g/mol. The number of alkyl halides is 3. The van der Waals surface area contributed by atoms with E-state index in [2.05, 4.69) is 4.99 Å². The Morgan fingerprint density at radius 1 is 1.29 bits per heavy atom. The van der Waals surface area contributed by atoms with Gasteiger partial charge in [0.05, 0.1) is 12.1 Å². The minimum absolute atomic E-state index is 0.366. The van der Waals surface area contributed by atoms with Crippen LogP contribution in [0.2, 0.25) is 0 Å². The first-order valence-electron chi connectivity index (χ1n) is 4.20. The fourth-order valence-electron chi connectivity index (χ4n) is 1.54. The summed E-state index contributed by atoms with van der Waals surface area (Å²) in [6.07, 6.45) is -4.26. The molecule has 0 aromatic heterocycles. The van der Waals surface area contributed by atoms with Crippen LogP contribution in [0.25, 0.3) is 0 Å². The van der Waals surface area contributed by atoms with Crippen LogP contribution in [0.15, 0.2) is 23.2 Å². The highest BCUT2D eigenvalue weighted by molar-refractivity contribution is 6.01. The summed E-state index contributed by atoms with van der Waals surface area (Å²) in [6.45, 7) is 2.17. The molecule has 1 aliphatic rings. The molecule has 1 aromatic carbocycles. The van der Waals surface area contributed by atoms with E-state index in [1.165, 1.54) is 12.1 Å². The van der Waals surface area contributed by atoms with Crippen molar-refractivity contribution in [1.29, 1.82) is 0 Å². The van der Waals surface area contributed by atoms with E-state index in [9.17, 15) is 13.2 Å². The maximum Gasteiger partial charge on any atom is 0.416 e. The van der Waals surface area contributed by atoms with Crippen molar-refractivity contribution < 1.29 is 13.2 Å². The highest BCUT2D eigenvalue weighted by atomic mass is 19.4. The molecule has 0 saturated heterocycles. The number of aliphatic imine (C=N–C) groups is 1. The van der Waals surface area contributed by atoms with Gasteiger partial charge in [0, 0.05) is 11.3 Å². The third-order valence-electron chi connectivity index (χ3n) is 2.31. The molecule has 1 aliphatic heterocycles. The Morgan fingerprint density at radius 3 is 2.64 bits per heavy atom. The SMILES string of the molecule is CC1=NCc2cc(C(F)(F)F)ccc21. The van der Waals surface area contributed by atoms with Gasteiger partial charge in [-0.15, -0.1) is 0 Å². The van der Waals surface area contributed by atoms with Crippen molar-refractivity contribution in [2.45, 2.75) is 19.6 Å². The second-order valence-corrected chi connectivity index (χ2v) is 3.27. The van der Waals surface area contributed by atoms with Crippen molar-refractivity contribution in [3.8, 4) is 0 Å². The molecule has 14 heavy (non-hydrogen) atoms. The fraction of sp³-hybridized carbons (Fsp3) is 0.300. The first-order chi connectivity index (χ1) is 6.48. The lowest BCUT2D eigenvalue weighted by Gasteiger charge is -2.08. The molecule has 0 bridgehead atoms. The number of rotatable bonds is 0. The smallest absolute Gasteiger partial charge is 0.285 e. The largest absolute Gasteiger partial charge is 0.416 e. The first kappa shape index (κ1) is 9.24. The zero-order valence-electron chi connectivity index (χ0n) is 7.52. The summed E-state index contributed by atoms with van der Waals surface area (Å²) in [5.74, 6) is 0. The van der Waals surface area contributed by atoms with Gasteiger partial charge in [0.2, 0.25) is 0 Å². The molecule has 0 radical (unpaired) electrons. The molecular weight excluding hydrogens is 191 g/mol. The fourth-order valence-corrected chi connectivity index (χ4v) is 1.54. The maximum absolute atomic E-state index is 12.3.